The van der Waals surface area contributed by atoms with E-state index in [9.17, 15) is 9.59 Å². The fourth-order valence-corrected chi connectivity index (χ4v) is 9.33. The van der Waals surface area contributed by atoms with Gasteiger partial charge in [0.2, 0.25) is 0 Å². The van der Waals surface area contributed by atoms with Gasteiger partial charge in [-0.2, -0.15) is 0 Å². The number of cyclic esters (lactones) is 1. The van der Waals surface area contributed by atoms with Crippen molar-refractivity contribution in [1.82, 2.24) is 0 Å². The third kappa shape index (κ3) is 3.69. The molecule has 5 heteroatoms. The Labute approximate surface area is 134 Å². The molecule has 0 spiro atoms. The van der Waals surface area contributed by atoms with Gasteiger partial charge in [-0.3, -0.25) is 4.79 Å². The van der Waals surface area contributed by atoms with Crippen LogP contribution in [0.4, 0.5) is 0 Å². The molecule has 0 aromatic heterocycles. The molecule has 4 nitrogen and oxygen atoms in total. The zero-order valence-electron chi connectivity index (χ0n) is 14.7. The van der Waals surface area contributed by atoms with Crippen LogP contribution in [-0.2, 0) is 19.1 Å². The van der Waals surface area contributed by atoms with Gasteiger partial charge in [-0.15, -0.1) is 0 Å². The Hall–Kier alpha value is -1.36. The average molecular weight is 324 g/mol. The Bertz CT molecular complexity index is 479. The topological polar surface area (TPSA) is 52.6 Å². The first-order valence-electron chi connectivity index (χ1n) is 7.87. The summed E-state index contributed by atoms with van der Waals surface area (Å²) in [5.74, 6) is -0.191. The number of allylic oxidation sites excluding steroid dienone is 1. The van der Waals surface area contributed by atoms with E-state index in [4.69, 9.17) is 9.47 Å². The summed E-state index contributed by atoms with van der Waals surface area (Å²) in [5, 5.41) is 0. The predicted octanol–water partition coefficient (Wildman–Crippen LogP) is 4.13. The highest BCUT2D eigenvalue weighted by Gasteiger charge is 2.42. The SMILES string of the molecule is COC(=O)CC1=CC(=O)O/C1=C\[Si](C(C)C)(C(C)C)C(C)C. The molecular formula is C17H28O4Si. The second-order valence-electron chi connectivity index (χ2n) is 6.82. The van der Waals surface area contributed by atoms with E-state index < -0.39 is 14.0 Å². The summed E-state index contributed by atoms with van der Waals surface area (Å²) in [6.07, 6.45) is 1.48. The molecule has 0 unspecified atom stereocenters. The van der Waals surface area contributed by atoms with Crippen molar-refractivity contribution in [2.24, 2.45) is 0 Å². The number of hydrogen-bond donors (Lipinski definition) is 0. The molecule has 1 heterocycles. The molecule has 0 fully saturated rings. The standard InChI is InChI=1S/C17H28O4Si/c1-11(2)22(12(3)4,13(5)6)10-15-14(8-16(18)20-7)9-17(19)21-15/h9-13H,8H2,1-7H3/b15-10-. The van der Waals surface area contributed by atoms with Gasteiger partial charge < -0.3 is 9.47 Å². The van der Waals surface area contributed by atoms with E-state index in [2.05, 4.69) is 47.2 Å². The number of hydrogen-bond acceptors (Lipinski definition) is 4. The third-order valence-electron chi connectivity index (χ3n) is 4.76. The number of carbonyl (C=O) groups excluding carboxylic acids is 2. The largest absolute Gasteiger partial charge is 0.469 e. The molecular weight excluding hydrogens is 296 g/mol. The van der Waals surface area contributed by atoms with Gasteiger partial charge in [0.05, 0.1) is 21.6 Å². The van der Waals surface area contributed by atoms with Gasteiger partial charge in [0, 0.05) is 11.6 Å². The van der Waals surface area contributed by atoms with Gasteiger partial charge in [0.15, 0.2) is 0 Å². The summed E-state index contributed by atoms with van der Waals surface area (Å²) in [7, 11) is -0.511. The van der Waals surface area contributed by atoms with Crippen LogP contribution in [-0.4, -0.2) is 27.1 Å². The van der Waals surface area contributed by atoms with Crippen LogP contribution in [0.2, 0.25) is 16.6 Å². The first kappa shape index (κ1) is 18.7. The molecule has 0 atom stereocenters. The molecule has 0 aliphatic carbocycles. The Morgan fingerprint density at radius 2 is 1.68 bits per heavy atom. The van der Waals surface area contributed by atoms with Crippen molar-refractivity contribution in [1.29, 1.82) is 0 Å². The van der Waals surface area contributed by atoms with Crippen molar-refractivity contribution in [3.05, 3.63) is 23.1 Å². The van der Waals surface area contributed by atoms with Crippen LogP contribution in [0.25, 0.3) is 0 Å². The Morgan fingerprint density at radius 1 is 1.18 bits per heavy atom. The minimum Gasteiger partial charge on any atom is -0.469 e. The van der Waals surface area contributed by atoms with Crippen molar-refractivity contribution >= 4 is 20.0 Å². The highest BCUT2D eigenvalue weighted by atomic mass is 28.3. The maximum absolute atomic E-state index is 11.7. The first-order valence-corrected chi connectivity index (χ1v) is 10.2. The Kier molecular flexibility index (Phi) is 6.17. The van der Waals surface area contributed by atoms with Crippen molar-refractivity contribution < 1.29 is 19.1 Å². The zero-order chi connectivity index (χ0) is 17.1. The molecule has 1 rings (SSSR count). The lowest BCUT2D eigenvalue weighted by atomic mass is 10.2. The molecule has 0 N–H and O–H groups in total. The molecule has 22 heavy (non-hydrogen) atoms. The smallest absolute Gasteiger partial charge is 0.336 e. The molecule has 0 saturated carbocycles. The monoisotopic (exact) mass is 324 g/mol. The van der Waals surface area contributed by atoms with Crippen LogP contribution in [0.3, 0.4) is 0 Å². The van der Waals surface area contributed by atoms with E-state index in [0.29, 0.717) is 28.0 Å². The van der Waals surface area contributed by atoms with Crippen LogP contribution in [0, 0.1) is 0 Å². The number of ether oxygens (including phenoxy) is 2. The summed E-state index contributed by atoms with van der Waals surface area (Å²) in [6, 6.07) is 0. The molecule has 0 radical (unpaired) electrons. The van der Waals surface area contributed by atoms with E-state index in [1.165, 1.54) is 13.2 Å². The number of carbonyl (C=O) groups is 2. The van der Waals surface area contributed by atoms with Gasteiger partial charge in [0.1, 0.15) is 5.76 Å². The van der Waals surface area contributed by atoms with Gasteiger partial charge in [-0.1, -0.05) is 47.2 Å². The second-order valence-corrected chi connectivity index (χ2v) is 12.6. The number of esters is 2. The van der Waals surface area contributed by atoms with E-state index >= 15 is 0 Å². The average Bonchev–Trinajstić information content (AvgIpc) is 2.74. The van der Waals surface area contributed by atoms with Crippen molar-refractivity contribution in [2.75, 3.05) is 7.11 Å². The predicted molar refractivity (Wildman–Crippen MR) is 89.9 cm³/mol. The van der Waals surface area contributed by atoms with Gasteiger partial charge in [0.25, 0.3) is 0 Å². The maximum atomic E-state index is 11.7. The molecule has 0 aromatic carbocycles. The second kappa shape index (κ2) is 7.27. The van der Waals surface area contributed by atoms with Crippen molar-refractivity contribution in [2.45, 2.75) is 64.6 Å². The van der Waals surface area contributed by atoms with E-state index in [1.807, 2.05) is 0 Å². The molecule has 0 bridgehead atoms. The summed E-state index contributed by atoms with van der Waals surface area (Å²) >= 11 is 0. The van der Waals surface area contributed by atoms with Gasteiger partial charge in [-0.05, 0) is 16.6 Å². The number of methoxy groups -OCH3 is 1. The fourth-order valence-electron chi connectivity index (χ4n) is 3.63. The summed E-state index contributed by atoms with van der Waals surface area (Å²) in [6.45, 7) is 13.4. The molecule has 0 amide bonds. The lowest BCUT2D eigenvalue weighted by molar-refractivity contribution is -0.140. The normalized spacial score (nSPS) is 17.5. The van der Waals surface area contributed by atoms with Crippen molar-refractivity contribution in [3.63, 3.8) is 0 Å². The molecule has 124 valence electrons. The maximum Gasteiger partial charge on any atom is 0.336 e. The Morgan fingerprint density at radius 3 is 2.09 bits per heavy atom. The minimum absolute atomic E-state index is 0.0762. The van der Waals surface area contributed by atoms with E-state index in [0.717, 1.165) is 0 Å². The minimum atomic E-state index is -1.86. The third-order valence-corrected chi connectivity index (χ3v) is 11.5. The first-order chi connectivity index (χ1) is 10.1. The summed E-state index contributed by atoms with van der Waals surface area (Å²) in [4.78, 5) is 23.2. The molecule has 1 aliphatic rings. The summed E-state index contributed by atoms with van der Waals surface area (Å²) < 4.78 is 10.1. The fraction of sp³-hybridized carbons (Fsp3) is 0.647. The highest BCUT2D eigenvalue weighted by Crippen LogP contribution is 2.44. The lowest BCUT2D eigenvalue weighted by Gasteiger charge is -2.40. The molecule has 0 saturated heterocycles. The molecule has 0 aromatic rings. The van der Waals surface area contributed by atoms with E-state index in [1.54, 1.807) is 0 Å². The Balaban J connectivity index is 3.28. The summed E-state index contributed by atoms with van der Waals surface area (Å²) in [5.41, 5.74) is 4.36. The zero-order valence-corrected chi connectivity index (χ0v) is 15.7. The lowest BCUT2D eigenvalue weighted by Crippen LogP contribution is -2.43. The van der Waals surface area contributed by atoms with Crippen LogP contribution in [0.5, 0.6) is 0 Å². The van der Waals surface area contributed by atoms with Gasteiger partial charge in [-0.25, -0.2) is 4.79 Å². The van der Waals surface area contributed by atoms with Crippen LogP contribution >= 0.6 is 0 Å². The molecule has 1 aliphatic heterocycles. The van der Waals surface area contributed by atoms with Crippen LogP contribution in [0.1, 0.15) is 48.0 Å². The quantitative estimate of drug-likeness (QED) is 0.544. The highest BCUT2D eigenvalue weighted by molar-refractivity contribution is 6.88. The van der Waals surface area contributed by atoms with E-state index in [-0.39, 0.29) is 12.4 Å². The van der Waals surface area contributed by atoms with Crippen LogP contribution in [0.15, 0.2) is 23.1 Å². The van der Waals surface area contributed by atoms with Crippen LogP contribution < -0.4 is 0 Å². The van der Waals surface area contributed by atoms with Crippen molar-refractivity contribution in [3.8, 4) is 0 Å². The van der Waals surface area contributed by atoms with Gasteiger partial charge >= 0.3 is 11.9 Å². The number of rotatable bonds is 6.